The van der Waals surface area contributed by atoms with Crippen molar-refractivity contribution in [1.82, 2.24) is 4.90 Å². The van der Waals surface area contributed by atoms with E-state index in [4.69, 9.17) is 10.5 Å². The van der Waals surface area contributed by atoms with Crippen molar-refractivity contribution in [3.63, 3.8) is 0 Å². The van der Waals surface area contributed by atoms with Gasteiger partial charge in [-0.05, 0) is 32.4 Å². The van der Waals surface area contributed by atoms with Gasteiger partial charge in [0, 0.05) is 31.5 Å². The summed E-state index contributed by atoms with van der Waals surface area (Å²) in [6.45, 7) is 6.24. The van der Waals surface area contributed by atoms with Crippen LogP contribution in [0.25, 0.3) is 0 Å². The van der Waals surface area contributed by atoms with Gasteiger partial charge in [-0.2, -0.15) is 0 Å². The number of nitrogens with zero attached hydrogens (tertiary/aromatic N) is 1. The number of primary amides is 1. The molecule has 0 unspecified atom stereocenters. The molecule has 0 radical (unpaired) electrons. The van der Waals surface area contributed by atoms with Crippen molar-refractivity contribution in [3.05, 3.63) is 30.3 Å². The van der Waals surface area contributed by atoms with Gasteiger partial charge in [-0.25, -0.2) is 0 Å². The molecule has 4 heteroatoms. The molecule has 0 aliphatic carbocycles. The number of para-hydroxylation sites is 1. The fourth-order valence-electron chi connectivity index (χ4n) is 2.79. The molecule has 4 nitrogen and oxygen atoms in total. The van der Waals surface area contributed by atoms with Crippen LogP contribution >= 0.6 is 0 Å². The molecule has 1 aromatic carbocycles. The molecule has 20 heavy (non-hydrogen) atoms. The van der Waals surface area contributed by atoms with E-state index in [1.165, 1.54) is 0 Å². The van der Waals surface area contributed by atoms with Crippen LogP contribution < -0.4 is 10.5 Å². The van der Waals surface area contributed by atoms with Gasteiger partial charge in [-0.15, -0.1) is 0 Å². The van der Waals surface area contributed by atoms with E-state index in [1.807, 2.05) is 30.3 Å². The number of benzene rings is 1. The van der Waals surface area contributed by atoms with Crippen LogP contribution in [-0.4, -0.2) is 36.0 Å². The predicted octanol–water partition coefficient (Wildman–Crippen LogP) is 2.04. The van der Waals surface area contributed by atoms with E-state index < -0.39 is 0 Å². The molecule has 2 rings (SSSR count). The third kappa shape index (κ3) is 3.97. The summed E-state index contributed by atoms with van der Waals surface area (Å²) in [6, 6.07) is 10.3. The Balaban J connectivity index is 2.04. The van der Waals surface area contributed by atoms with Crippen molar-refractivity contribution in [3.8, 4) is 5.75 Å². The standard InChI is InChI=1S/C16H24N2O2/c1-12(2)18-9-8-15(13(11-18)10-16(17)19)20-14-6-4-3-5-7-14/h3-7,12-13,15H,8-11H2,1-2H3,(H2,17,19)/t13-,15-/m1/s1. The Kier molecular flexibility index (Phi) is 5.01. The van der Waals surface area contributed by atoms with E-state index in [0.29, 0.717) is 12.5 Å². The molecule has 2 N–H and O–H groups in total. The van der Waals surface area contributed by atoms with Gasteiger partial charge in [0.15, 0.2) is 0 Å². The molecular formula is C16H24N2O2. The molecule has 0 bridgehead atoms. The summed E-state index contributed by atoms with van der Waals surface area (Å²) in [5, 5.41) is 0. The normalized spacial score (nSPS) is 23.8. The van der Waals surface area contributed by atoms with Crippen LogP contribution in [0.2, 0.25) is 0 Å². The second-order valence-electron chi connectivity index (χ2n) is 5.78. The Morgan fingerprint density at radius 2 is 2.10 bits per heavy atom. The highest BCUT2D eigenvalue weighted by atomic mass is 16.5. The monoisotopic (exact) mass is 276 g/mol. The van der Waals surface area contributed by atoms with Gasteiger partial charge in [0.05, 0.1) is 0 Å². The molecule has 1 amide bonds. The maximum atomic E-state index is 11.3. The number of piperidine rings is 1. The van der Waals surface area contributed by atoms with Crippen LogP contribution in [0.1, 0.15) is 26.7 Å². The zero-order valence-corrected chi connectivity index (χ0v) is 12.3. The first-order valence-corrected chi connectivity index (χ1v) is 7.30. The average molecular weight is 276 g/mol. The summed E-state index contributed by atoms with van der Waals surface area (Å²) in [5.41, 5.74) is 5.39. The highest BCUT2D eigenvalue weighted by Gasteiger charge is 2.32. The molecule has 2 atom stereocenters. The number of carbonyl (C=O) groups is 1. The van der Waals surface area contributed by atoms with Crippen LogP contribution in [0.15, 0.2) is 30.3 Å². The Morgan fingerprint density at radius 3 is 2.70 bits per heavy atom. The second-order valence-corrected chi connectivity index (χ2v) is 5.78. The summed E-state index contributed by atoms with van der Waals surface area (Å²) in [5.74, 6) is 0.788. The highest BCUT2D eigenvalue weighted by molar-refractivity contribution is 5.74. The minimum Gasteiger partial charge on any atom is -0.490 e. The van der Waals surface area contributed by atoms with E-state index >= 15 is 0 Å². The molecular weight excluding hydrogens is 252 g/mol. The summed E-state index contributed by atoms with van der Waals surface area (Å²) in [7, 11) is 0. The van der Waals surface area contributed by atoms with Gasteiger partial charge in [-0.3, -0.25) is 4.79 Å². The third-order valence-electron chi connectivity index (χ3n) is 3.92. The number of carbonyl (C=O) groups excluding carboxylic acids is 1. The van der Waals surface area contributed by atoms with Crippen molar-refractivity contribution in [2.24, 2.45) is 11.7 Å². The molecule has 1 fully saturated rings. The van der Waals surface area contributed by atoms with Crippen LogP contribution in [0, 0.1) is 5.92 Å². The maximum Gasteiger partial charge on any atom is 0.217 e. The van der Waals surface area contributed by atoms with E-state index in [2.05, 4.69) is 18.7 Å². The zero-order valence-electron chi connectivity index (χ0n) is 12.3. The lowest BCUT2D eigenvalue weighted by Crippen LogP contribution is -2.49. The van der Waals surface area contributed by atoms with Gasteiger partial charge in [0.1, 0.15) is 11.9 Å². The molecule has 1 aliphatic heterocycles. The van der Waals surface area contributed by atoms with Gasteiger partial charge < -0.3 is 15.4 Å². The number of hydrogen-bond donors (Lipinski definition) is 1. The van der Waals surface area contributed by atoms with E-state index in [1.54, 1.807) is 0 Å². The van der Waals surface area contributed by atoms with Crippen LogP contribution in [0.3, 0.4) is 0 Å². The van der Waals surface area contributed by atoms with E-state index in [-0.39, 0.29) is 17.9 Å². The average Bonchev–Trinajstić information content (AvgIpc) is 2.41. The molecule has 0 spiro atoms. The highest BCUT2D eigenvalue weighted by Crippen LogP contribution is 2.26. The van der Waals surface area contributed by atoms with Gasteiger partial charge in [-0.1, -0.05) is 18.2 Å². The second kappa shape index (κ2) is 6.75. The van der Waals surface area contributed by atoms with E-state index in [9.17, 15) is 4.79 Å². The minimum atomic E-state index is -0.248. The molecule has 0 aromatic heterocycles. The number of rotatable bonds is 5. The Bertz CT molecular complexity index is 433. The predicted molar refractivity (Wildman–Crippen MR) is 79.5 cm³/mol. The van der Waals surface area contributed by atoms with Crippen LogP contribution in [0.4, 0.5) is 0 Å². The smallest absolute Gasteiger partial charge is 0.217 e. The lowest BCUT2D eigenvalue weighted by atomic mass is 9.90. The van der Waals surface area contributed by atoms with E-state index in [0.717, 1.165) is 25.3 Å². The first kappa shape index (κ1) is 14.9. The molecule has 110 valence electrons. The fraction of sp³-hybridized carbons (Fsp3) is 0.562. The Morgan fingerprint density at radius 1 is 1.40 bits per heavy atom. The van der Waals surface area contributed by atoms with Crippen molar-refractivity contribution < 1.29 is 9.53 Å². The number of likely N-dealkylation sites (tertiary alicyclic amines) is 1. The zero-order chi connectivity index (χ0) is 14.5. The topological polar surface area (TPSA) is 55.6 Å². The maximum absolute atomic E-state index is 11.3. The number of hydrogen-bond acceptors (Lipinski definition) is 3. The SMILES string of the molecule is CC(C)N1CC[C@@H](Oc2ccccc2)[C@H](CC(N)=O)C1. The minimum absolute atomic E-state index is 0.0694. The van der Waals surface area contributed by atoms with Crippen LogP contribution in [-0.2, 0) is 4.79 Å². The van der Waals surface area contributed by atoms with Crippen molar-refractivity contribution in [2.45, 2.75) is 38.8 Å². The molecule has 1 aromatic rings. The van der Waals surface area contributed by atoms with Crippen molar-refractivity contribution in [2.75, 3.05) is 13.1 Å². The lowest BCUT2D eigenvalue weighted by molar-refractivity contribution is -0.120. The third-order valence-corrected chi connectivity index (χ3v) is 3.92. The first-order chi connectivity index (χ1) is 9.56. The van der Waals surface area contributed by atoms with Crippen molar-refractivity contribution in [1.29, 1.82) is 0 Å². The first-order valence-electron chi connectivity index (χ1n) is 7.30. The van der Waals surface area contributed by atoms with Gasteiger partial charge in [0.2, 0.25) is 5.91 Å². The number of amides is 1. The van der Waals surface area contributed by atoms with Crippen molar-refractivity contribution >= 4 is 5.91 Å². The summed E-state index contributed by atoms with van der Waals surface area (Å²) < 4.78 is 6.06. The number of ether oxygens (including phenoxy) is 1. The Hall–Kier alpha value is -1.55. The molecule has 1 saturated heterocycles. The van der Waals surface area contributed by atoms with Crippen LogP contribution in [0.5, 0.6) is 5.75 Å². The van der Waals surface area contributed by atoms with Gasteiger partial charge in [0.25, 0.3) is 0 Å². The molecule has 1 heterocycles. The lowest BCUT2D eigenvalue weighted by Gasteiger charge is -2.40. The number of nitrogens with two attached hydrogens (primary N) is 1. The summed E-state index contributed by atoms with van der Waals surface area (Å²) >= 11 is 0. The quantitative estimate of drug-likeness (QED) is 0.895. The molecule has 1 aliphatic rings. The van der Waals surface area contributed by atoms with Gasteiger partial charge >= 0.3 is 0 Å². The summed E-state index contributed by atoms with van der Waals surface area (Å²) in [6.07, 6.45) is 1.39. The fourth-order valence-corrected chi connectivity index (χ4v) is 2.79. The Labute approximate surface area is 120 Å². The largest absolute Gasteiger partial charge is 0.490 e. The molecule has 0 saturated carbocycles. The summed E-state index contributed by atoms with van der Waals surface area (Å²) in [4.78, 5) is 13.7.